The minimum absolute atomic E-state index is 0.499. The van der Waals surface area contributed by atoms with Crippen molar-refractivity contribution in [2.24, 2.45) is 0 Å². The van der Waals surface area contributed by atoms with Crippen molar-refractivity contribution in [1.29, 1.82) is 0 Å². The summed E-state index contributed by atoms with van der Waals surface area (Å²) in [6.45, 7) is 3.97. The summed E-state index contributed by atoms with van der Waals surface area (Å²) in [5, 5.41) is 0. The molecule has 0 aromatic heterocycles. The first-order valence-electron chi connectivity index (χ1n) is 1.65. The van der Waals surface area contributed by atoms with E-state index in [-0.39, 0.29) is 0 Å². The Morgan fingerprint density at radius 2 is 1.80 bits per heavy atom. The normalized spacial score (nSPS) is 8.60. The predicted octanol–water partition coefficient (Wildman–Crippen LogP) is 0.864. The van der Waals surface area contributed by atoms with Gasteiger partial charge in [-0.2, -0.15) is 0 Å². The Bertz CT molecular complexity index is 33.9. The molecule has 0 spiro atoms. The monoisotopic (exact) mass is 179 g/mol. The van der Waals surface area contributed by atoms with Crippen LogP contribution < -0.4 is 0 Å². The van der Waals surface area contributed by atoms with Crippen LogP contribution in [0, 0.1) is 0 Å². The summed E-state index contributed by atoms with van der Waals surface area (Å²) in [5.74, 6) is 0. The molecule has 0 aromatic carbocycles. The first-order valence-corrected chi connectivity index (χ1v) is 4.46. The van der Waals surface area contributed by atoms with Gasteiger partial charge in [-0.25, -0.2) is 0 Å². The van der Waals surface area contributed by atoms with E-state index in [0.29, 0.717) is 3.93 Å². The average molecular weight is 178 g/mol. The zero-order valence-corrected chi connectivity index (χ0v) is 6.34. The molecule has 0 saturated heterocycles. The van der Waals surface area contributed by atoms with Crippen LogP contribution in [-0.4, -0.2) is 21.1 Å². The number of hydrogen-bond acceptors (Lipinski definition) is 1. The minimum atomic E-state index is -1.12. The van der Waals surface area contributed by atoms with E-state index >= 15 is 0 Å². The summed E-state index contributed by atoms with van der Waals surface area (Å²) in [4.78, 5) is 0. The van der Waals surface area contributed by atoms with Gasteiger partial charge in [-0.05, 0) is 0 Å². The van der Waals surface area contributed by atoms with Crippen LogP contribution in [0.3, 0.4) is 0 Å². The van der Waals surface area contributed by atoms with Crippen molar-refractivity contribution in [3.63, 3.8) is 0 Å². The van der Waals surface area contributed by atoms with Crippen molar-refractivity contribution in [2.45, 2.75) is 17.8 Å². The molecule has 0 rings (SSSR count). The molecule has 0 aromatic rings. The first-order chi connectivity index (χ1) is 2.27. The topological polar surface area (TPSA) is 17.1 Å². The second-order valence-corrected chi connectivity index (χ2v) is 5.24. The molecule has 29 valence electrons. The molecule has 0 aliphatic carbocycles. The van der Waals surface area contributed by atoms with Crippen LogP contribution in [-0.2, 0) is 3.08 Å². The zero-order chi connectivity index (χ0) is 4.28. The SMILES string of the molecule is C[CH](C)[Sn]=[O]. The summed E-state index contributed by atoms with van der Waals surface area (Å²) in [6, 6.07) is 0. The van der Waals surface area contributed by atoms with Gasteiger partial charge >= 0.3 is 42.0 Å². The Morgan fingerprint density at radius 3 is 1.80 bits per heavy atom. The van der Waals surface area contributed by atoms with Crippen molar-refractivity contribution in [3.05, 3.63) is 0 Å². The molecule has 0 saturated carbocycles. The molecule has 0 fully saturated rings. The molecule has 0 amide bonds. The Kier molecular flexibility index (Phi) is 3.15. The van der Waals surface area contributed by atoms with E-state index < -0.39 is 21.1 Å². The molecule has 0 unspecified atom stereocenters. The van der Waals surface area contributed by atoms with E-state index in [1.165, 1.54) is 0 Å². The van der Waals surface area contributed by atoms with E-state index in [1.807, 2.05) is 13.8 Å². The van der Waals surface area contributed by atoms with Gasteiger partial charge in [0.2, 0.25) is 0 Å². The van der Waals surface area contributed by atoms with E-state index in [0.717, 1.165) is 0 Å². The van der Waals surface area contributed by atoms with Crippen molar-refractivity contribution < 1.29 is 3.08 Å². The fraction of sp³-hybridized carbons (Fsp3) is 1.00. The van der Waals surface area contributed by atoms with Gasteiger partial charge in [0.1, 0.15) is 0 Å². The first kappa shape index (κ1) is 5.60. The van der Waals surface area contributed by atoms with Crippen LogP contribution in [0.1, 0.15) is 13.8 Å². The van der Waals surface area contributed by atoms with Gasteiger partial charge in [0.05, 0.1) is 0 Å². The van der Waals surface area contributed by atoms with Crippen LogP contribution in [0.5, 0.6) is 0 Å². The Balaban J connectivity index is 2.83. The standard InChI is InChI=1S/C3H7.O.Sn/c1-3-2;;/h3H,1-2H3;;. The average Bonchev–Trinajstić information content (AvgIpc) is 1.38. The van der Waals surface area contributed by atoms with Crippen LogP contribution in [0.4, 0.5) is 0 Å². The second-order valence-electron chi connectivity index (χ2n) is 1.27. The van der Waals surface area contributed by atoms with E-state index in [2.05, 4.69) is 0 Å². The van der Waals surface area contributed by atoms with E-state index in [4.69, 9.17) is 0 Å². The summed E-state index contributed by atoms with van der Waals surface area (Å²) >= 11 is -1.12. The molecule has 0 N–H and O–H groups in total. The van der Waals surface area contributed by atoms with Crippen LogP contribution in [0.15, 0.2) is 0 Å². The summed E-state index contributed by atoms with van der Waals surface area (Å²) in [7, 11) is 0. The molecular weight excluding hydrogens is 171 g/mol. The molecule has 2 heteroatoms. The zero-order valence-electron chi connectivity index (χ0n) is 3.49. The van der Waals surface area contributed by atoms with E-state index in [9.17, 15) is 3.08 Å². The second kappa shape index (κ2) is 2.82. The van der Waals surface area contributed by atoms with Crippen molar-refractivity contribution >= 4 is 21.1 Å². The maximum absolute atomic E-state index is 9.80. The van der Waals surface area contributed by atoms with Crippen LogP contribution in [0.2, 0.25) is 3.93 Å². The van der Waals surface area contributed by atoms with Crippen molar-refractivity contribution in [3.8, 4) is 0 Å². The third kappa shape index (κ3) is 4.60. The quantitative estimate of drug-likeness (QED) is 0.544. The molecular formula is C3H7OSn. The molecule has 1 nitrogen and oxygen atoms in total. The molecule has 1 radical (unpaired) electrons. The number of hydrogen-bond donors (Lipinski definition) is 0. The van der Waals surface area contributed by atoms with Gasteiger partial charge < -0.3 is 0 Å². The van der Waals surface area contributed by atoms with Gasteiger partial charge in [-0.1, -0.05) is 0 Å². The fourth-order valence-corrected chi connectivity index (χ4v) is 0. The number of rotatable bonds is 1. The predicted molar refractivity (Wildman–Crippen MR) is 21.5 cm³/mol. The van der Waals surface area contributed by atoms with Crippen LogP contribution >= 0.6 is 0 Å². The Labute approximate surface area is 42.4 Å². The van der Waals surface area contributed by atoms with Crippen LogP contribution in [0.25, 0.3) is 0 Å². The van der Waals surface area contributed by atoms with Gasteiger partial charge in [0, 0.05) is 0 Å². The van der Waals surface area contributed by atoms with Crippen molar-refractivity contribution in [1.82, 2.24) is 0 Å². The summed E-state index contributed by atoms with van der Waals surface area (Å²) < 4.78 is 10.3. The molecule has 0 bridgehead atoms. The summed E-state index contributed by atoms with van der Waals surface area (Å²) in [6.07, 6.45) is 0. The fourth-order valence-electron chi connectivity index (χ4n) is 0. The molecule has 0 atom stereocenters. The molecule has 0 aliphatic rings. The van der Waals surface area contributed by atoms with Gasteiger partial charge in [0.15, 0.2) is 0 Å². The Morgan fingerprint density at radius 1 is 1.60 bits per heavy atom. The van der Waals surface area contributed by atoms with Crippen molar-refractivity contribution in [2.75, 3.05) is 0 Å². The molecule has 0 aliphatic heterocycles. The third-order valence-corrected chi connectivity index (χ3v) is 1.58. The molecule has 0 heterocycles. The maximum atomic E-state index is 9.80. The van der Waals surface area contributed by atoms with Gasteiger partial charge in [-0.15, -0.1) is 0 Å². The Hall–Kier alpha value is 0.599. The van der Waals surface area contributed by atoms with Gasteiger partial charge in [0.25, 0.3) is 0 Å². The van der Waals surface area contributed by atoms with E-state index in [1.54, 1.807) is 0 Å². The molecule has 5 heavy (non-hydrogen) atoms. The third-order valence-electron chi connectivity index (χ3n) is 0.236. The van der Waals surface area contributed by atoms with Gasteiger partial charge in [-0.3, -0.25) is 0 Å². The summed E-state index contributed by atoms with van der Waals surface area (Å²) in [5.41, 5.74) is 0.